The molecule has 0 radical (unpaired) electrons. The summed E-state index contributed by atoms with van der Waals surface area (Å²) in [6, 6.07) is 39.2. The summed E-state index contributed by atoms with van der Waals surface area (Å²) in [5, 5.41) is 0. The molecular weight excluding hydrogens is 974 g/mol. The van der Waals surface area contributed by atoms with Crippen LogP contribution in [-0.4, -0.2) is 112 Å². The number of benzene rings is 5. The number of carbonyl (C=O) groups excluding carboxylic acids is 2. The van der Waals surface area contributed by atoms with Crippen molar-refractivity contribution in [1.82, 2.24) is 29.1 Å². The lowest BCUT2D eigenvalue weighted by atomic mass is 9.79. The number of anilines is 1. The van der Waals surface area contributed by atoms with E-state index < -0.39 is 43.7 Å². The van der Waals surface area contributed by atoms with Crippen LogP contribution in [0.3, 0.4) is 0 Å². The number of rotatable bonds is 23. The van der Waals surface area contributed by atoms with Crippen molar-refractivity contribution in [2.24, 2.45) is 0 Å². The van der Waals surface area contributed by atoms with Gasteiger partial charge in [-0.05, 0) is 107 Å². The zero-order valence-corrected chi connectivity index (χ0v) is 44.7. The monoisotopic (exact) mass is 1040 g/mol. The van der Waals surface area contributed by atoms with E-state index in [2.05, 4.69) is 15.0 Å². The van der Waals surface area contributed by atoms with E-state index >= 15 is 9.36 Å². The smallest absolute Gasteiger partial charge is 0.409 e. The third-order valence-corrected chi connectivity index (χ3v) is 15.9. The number of ketones is 1. The molecule has 1 fully saturated rings. The molecule has 2 N–H and O–H groups in total. The van der Waals surface area contributed by atoms with Crippen molar-refractivity contribution in [3.63, 3.8) is 0 Å². The number of amides is 1. The average molecular weight is 1040 g/mol. The maximum atomic E-state index is 16.2. The Kier molecular flexibility index (Phi) is 17.2. The number of hydrogen-bond acceptors (Lipinski definition) is 14. The number of fused-ring (bicyclic) bond motifs is 1. The van der Waals surface area contributed by atoms with Gasteiger partial charge < -0.3 is 34.3 Å². The van der Waals surface area contributed by atoms with Gasteiger partial charge in [0.15, 0.2) is 23.4 Å². The van der Waals surface area contributed by atoms with Crippen LogP contribution in [0.2, 0.25) is 0 Å². The second-order valence-electron chi connectivity index (χ2n) is 19.0. The number of aromatic nitrogens is 4. The van der Waals surface area contributed by atoms with Gasteiger partial charge in [-0.25, -0.2) is 24.2 Å². The molecule has 75 heavy (non-hydrogen) atoms. The highest BCUT2D eigenvalue weighted by Crippen LogP contribution is 2.58. The molecule has 1 amide bonds. The third-order valence-electron chi connectivity index (χ3n) is 13.3. The fourth-order valence-electron chi connectivity index (χ4n) is 9.77. The predicted molar refractivity (Wildman–Crippen MR) is 286 cm³/mol. The van der Waals surface area contributed by atoms with Gasteiger partial charge >= 0.3 is 7.75 Å². The van der Waals surface area contributed by atoms with E-state index in [4.69, 9.17) is 38.5 Å². The van der Waals surface area contributed by atoms with Gasteiger partial charge in [-0.1, -0.05) is 84.9 Å². The summed E-state index contributed by atoms with van der Waals surface area (Å²) in [6.07, 6.45) is -2.03. The van der Waals surface area contributed by atoms with Crippen LogP contribution in [0.1, 0.15) is 91.6 Å². The topological polar surface area (TPSA) is 192 Å². The molecule has 8 rings (SSSR count). The van der Waals surface area contributed by atoms with Gasteiger partial charge in [0.2, 0.25) is 0 Å². The summed E-state index contributed by atoms with van der Waals surface area (Å²) < 4.78 is 64.8. The third kappa shape index (κ3) is 11.5. The SMILES string of the molecule is COc1ccc(C(=O)N(CCOP(=O)(O[C@H]2C[C@H](n3cnc4c(N)ncnc43)O[C@@H]2C(OC(c2ccccc2)(c2ccc(OC)cc2)c2ccc(OC)cc2)C(=O)c2ccccc2)N(C(C)C)C(C)C)C(C)C)cc1. The molecule has 1 aliphatic heterocycles. The molecule has 0 bridgehead atoms. The van der Waals surface area contributed by atoms with Gasteiger partial charge in [0.05, 0.1) is 34.3 Å². The summed E-state index contributed by atoms with van der Waals surface area (Å²) in [7, 11) is 0.313. The van der Waals surface area contributed by atoms with E-state index in [9.17, 15) is 4.79 Å². The van der Waals surface area contributed by atoms with Gasteiger partial charge in [-0.3, -0.25) is 23.2 Å². The molecule has 0 spiro atoms. The van der Waals surface area contributed by atoms with Crippen LogP contribution >= 0.6 is 7.75 Å². The quantitative estimate of drug-likeness (QED) is 0.0361. The second kappa shape index (κ2) is 23.7. The first kappa shape index (κ1) is 54.3. The van der Waals surface area contributed by atoms with E-state index in [1.807, 2.05) is 126 Å². The maximum absolute atomic E-state index is 16.2. The highest BCUT2D eigenvalue weighted by Gasteiger charge is 2.54. The largest absolute Gasteiger partial charge is 0.497 e. The van der Waals surface area contributed by atoms with Crippen LogP contribution in [0.25, 0.3) is 11.2 Å². The number of carbonyl (C=O) groups is 2. The van der Waals surface area contributed by atoms with E-state index in [0.717, 1.165) is 0 Å². The Hall–Kier alpha value is -6.98. The van der Waals surface area contributed by atoms with Crippen molar-refractivity contribution in [2.45, 2.75) is 96.2 Å². The molecule has 18 heteroatoms. The van der Waals surface area contributed by atoms with Gasteiger partial charge in [0.25, 0.3) is 5.91 Å². The van der Waals surface area contributed by atoms with Crippen molar-refractivity contribution >= 4 is 36.4 Å². The highest BCUT2D eigenvalue weighted by molar-refractivity contribution is 7.51. The molecule has 1 aliphatic rings. The molecule has 7 aromatic rings. The zero-order valence-electron chi connectivity index (χ0n) is 43.8. The lowest BCUT2D eigenvalue weighted by Gasteiger charge is -2.42. The molecule has 5 atom stereocenters. The minimum Gasteiger partial charge on any atom is -0.497 e. The Morgan fingerprint density at radius 3 is 1.77 bits per heavy atom. The van der Waals surface area contributed by atoms with Crippen LogP contribution in [0.4, 0.5) is 5.82 Å². The average Bonchev–Trinajstić information content (AvgIpc) is 4.05. The van der Waals surface area contributed by atoms with Crippen LogP contribution in [0.5, 0.6) is 17.2 Å². The first-order valence-electron chi connectivity index (χ1n) is 25.0. The van der Waals surface area contributed by atoms with E-state index in [-0.39, 0.29) is 49.4 Å². The van der Waals surface area contributed by atoms with Gasteiger partial charge in [-0.2, -0.15) is 0 Å². The number of ether oxygens (including phenoxy) is 5. The van der Waals surface area contributed by atoms with Gasteiger partial charge in [-0.15, -0.1) is 0 Å². The zero-order chi connectivity index (χ0) is 53.4. The standard InChI is InChI=1S/C57H66N7O10P/c1-37(2)62(56(66)41-20-26-45(68-7)27-21-41)32-33-71-75(67,64(38(3)4)39(5)6)74-48-34-49(63-36-61-50-54(58)59-35-60-55(50)63)72-52(48)53(51(65)40-16-12-10-13-17-40)73-57(42-18-14-11-15-19-42,43-22-28-46(69-8)29-23-43)44-24-30-47(70-9)31-25-44/h10-31,35-39,48-49,52-53H,32-34H2,1-9H3,(H2,58,59,60)/t48-,49+,52-,53?,75?/m0/s1. The Balaban J connectivity index is 1.29. The molecule has 3 heterocycles. The predicted octanol–water partition coefficient (Wildman–Crippen LogP) is 10.2. The van der Waals surface area contributed by atoms with Crippen molar-refractivity contribution in [1.29, 1.82) is 0 Å². The normalized spacial score (nSPS) is 17.1. The highest BCUT2D eigenvalue weighted by atomic mass is 31.2. The molecular formula is C57H66N7O10P. The Morgan fingerprint density at radius 1 is 0.707 bits per heavy atom. The molecule has 2 unspecified atom stereocenters. The lowest BCUT2D eigenvalue weighted by molar-refractivity contribution is -0.125. The number of methoxy groups -OCH3 is 3. The Labute approximate surface area is 438 Å². The van der Waals surface area contributed by atoms with Gasteiger partial charge in [0, 0.05) is 42.2 Å². The molecule has 17 nitrogen and oxygen atoms in total. The van der Waals surface area contributed by atoms with Crippen molar-refractivity contribution in [2.75, 3.05) is 40.2 Å². The molecule has 2 aromatic heterocycles. The van der Waals surface area contributed by atoms with Crippen molar-refractivity contribution in [3.05, 3.63) is 174 Å². The molecule has 0 saturated carbocycles. The summed E-state index contributed by atoms with van der Waals surface area (Å²) in [5.74, 6) is 1.32. The van der Waals surface area contributed by atoms with Crippen LogP contribution in [-0.2, 0) is 28.7 Å². The Bertz CT molecular complexity index is 3000. The lowest BCUT2D eigenvalue weighted by Crippen LogP contribution is -2.49. The minimum absolute atomic E-state index is 0.0107. The molecule has 0 aliphatic carbocycles. The number of nitrogen functional groups attached to an aromatic ring is 1. The first-order valence-corrected chi connectivity index (χ1v) is 26.5. The van der Waals surface area contributed by atoms with Crippen LogP contribution < -0.4 is 19.9 Å². The van der Waals surface area contributed by atoms with E-state index in [1.54, 1.807) is 90.3 Å². The first-order chi connectivity index (χ1) is 36.1. The number of nitrogens with zero attached hydrogens (tertiary/aromatic N) is 6. The van der Waals surface area contributed by atoms with Gasteiger partial charge in [0.1, 0.15) is 53.1 Å². The number of hydrogen-bond donors (Lipinski definition) is 1. The molecule has 394 valence electrons. The summed E-state index contributed by atoms with van der Waals surface area (Å²) >= 11 is 0. The van der Waals surface area contributed by atoms with Crippen molar-refractivity contribution < 1.29 is 46.9 Å². The Morgan fingerprint density at radius 2 is 1.24 bits per heavy atom. The minimum atomic E-state index is -4.44. The summed E-state index contributed by atoms with van der Waals surface area (Å²) in [6.45, 7) is 11.3. The fraction of sp³-hybridized carbons (Fsp3) is 0.351. The van der Waals surface area contributed by atoms with E-state index in [1.165, 1.54) is 6.33 Å². The summed E-state index contributed by atoms with van der Waals surface area (Å²) in [4.78, 5) is 44.8. The fourth-order valence-corrected chi connectivity index (χ4v) is 12.1. The number of nitrogens with two attached hydrogens (primary N) is 1. The molecule has 1 saturated heterocycles. The second-order valence-corrected chi connectivity index (χ2v) is 20.8. The maximum Gasteiger partial charge on any atom is 0.409 e. The van der Waals surface area contributed by atoms with Crippen LogP contribution in [0, 0.1) is 0 Å². The molecule has 5 aromatic carbocycles. The summed E-state index contributed by atoms with van der Waals surface area (Å²) in [5.41, 5.74) is 8.26. The van der Waals surface area contributed by atoms with E-state index in [0.29, 0.717) is 56.2 Å². The number of imidazole rings is 1. The number of Topliss-reactive ketones (excluding diaryl/α,β-unsaturated/α-hetero) is 1. The van der Waals surface area contributed by atoms with Crippen LogP contribution in [0.15, 0.2) is 146 Å². The van der Waals surface area contributed by atoms with Crippen molar-refractivity contribution in [3.8, 4) is 17.2 Å².